The molecule has 0 N–H and O–H groups in total. The maximum absolute atomic E-state index is 14.9. The number of aryl methyl sites for hydroxylation is 2. The van der Waals surface area contributed by atoms with Gasteiger partial charge in [0.05, 0.1) is 45.4 Å². The van der Waals surface area contributed by atoms with Crippen LogP contribution in [0, 0.1) is 13.8 Å². The molecule has 4 heterocycles. The number of fused-ring (bicyclic) bond motifs is 2. The van der Waals surface area contributed by atoms with Crippen molar-refractivity contribution < 1.29 is 31.1 Å². The second-order valence-corrected chi connectivity index (χ2v) is 11.7. The molecule has 0 bridgehead atoms. The van der Waals surface area contributed by atoms with Gasteiger partial charge >= 0.3 is 12.4 Å². The van der Waals surface area contributed by atoms with Gasteiger partial charge in [0.15, 0.2) is 5.78 Å². The third kappa shape index (κ3) is 6.90. The minimum atomic E-state index is -4.59. The zero-order valence-electron chi connectivity index (χ0n) is 25.8. The molecular formula is C37H28F6N4O. The topological polar surface area (TPSA) is 68.6 Å². The first-order valence-corrected chi connectivity index (χ1v) is 15.1. The van der Waals surface area contributed by atoms with Gasteiger partial charge in [-0.05, 0) is 111 Å². The molecule has 0 aliphatic carbocycles. The normalized spacial score (nSPS) is 13.5. The highest BCUT2D eigenvalue weighted by atomic mass is 19.4. The number of hydrogen-bond acceptors (Lipinski definition) is 5. The Morgan fingerprint density at radius 2 is 1.02 bits per heavy atom. The molecule has 2 aromatic carbocycles. The second-order valence-electron chi connectivity index (χ2n) is 11.7. The van der Waals surface area contributed by atoms with Crippen LogP contribution in [-0.4, -0.2) is 25.7 Å². The number of rotatable bonds is 8. The van der Waals surface area contributed by atoms with Crippen LogP contribution in [0.1, 0.15) is 56.9 Å². The molecule has 244 valence electrons. The summed E-state index contributed by atoms with van der Waals surface area (Å²) in [6.07, 6.45) is -6.22. The number of ketones is 1. The van der Waals surface area contributed by atoms with Gasteiger partial charge in [-0.15, -0.1) is 0 Å². The molecule has 2 unspecified atom stereocenters. The molecule has 0 fully saturated rings. The summed E-state index contributed by atoms with van der Waals surface area (Å²) >= 11 is 0. The van der Waals surface area contributed by atoms with Crippen molar-refractivity contribution in [3.63, 3.8) is 0 Å². The Hall–Kier alpha value is -5.19. The fourth-order valence-electron chi connectivity index (χ4n) is 6.02. The summed E-state index contributed by atoms with van der Waals surface area (Å²) in [7, 11) is 0. The van der Waals surface area contributed by atoms with E-state index in [0.717, 1.165) is 24.3 Å². The summed E-state index contributed by atoms with van der Waals surface area (Å²) in [5.41, 5.74) is 2.01. The predicted octanol–water partition coefficient (Wildman–Crippen LogP) is 9.15. The number of alkyl halides is 6. The third-order valence-corrected chi connectivity index (χ3v) is 8.39. The van der Waals surface area contributed by atoms with E-state index in [1.165, 1.54) is 24.5 Å². The molecule has 6 aromatic rings. The fourth-order valence-corrected chi connectivity index (χ4v) is 6.02. The summed E-state index contributed by atoms with van der Waals surface area (Å²) < 4.78 is 82.3. The van der Waals surface area contributed by atoms with E-state index in [1.807, 2.05) is 0 Å². The monoisotopic (exact) mass is 658 g/mol. The van der Waals surface area contributed by atoms with Crippen molar-refractivity contribution in [1.29, 1.82) is 0 Å². The van der Waals surface area contributed by atoms with Crippen molar-refractivity contribution in [2.24, 2.45) is 0 Å². The smallest absolute Gasteiger partial charge is 0.298 e. The van der Waals surface area contributed by atoms with Gasteiger partial charge in [0, 0.05) is 34.6 Å². The number of carbonyl (C=O) groups is 1. The Morgan fingerprint density at radius 3 is 1.40 bits per heavy atom. The Balaban J connectivity index is 1.50. The first kappa shape index (κ1) is 32.7. The van der Waals surface area contributed by atoms with Crippen molar-refractivity contribution in [3.8, 4) is 0 Å². The van der Waals surface area contributed by atoms with Crippen molar-refractivity contribution in [3.05, 3.63) is 142 Å². The van der Waals surface area contributed by atoms with Gasteiger partial charge < -0.3 is 0 Å². The highest BCUT2D eigenvalue weighted by Crippen LogP contribution is 2.37. The standard InChI is InChI=1S/C37H28F6N4O/c1-21-5-3-7-33(46-21)29(17-23-13-15-44-31-11-9-25(19-27(23)31)36(38,39)40)35(48)30(34-8-4-6-22(2)47-34)18-24-14-16-45-32-12-10-26(20-28(24)32)37(41,42)43/h3-16,19-20,29-30H,17-18H2,1-2H3. The zero-order valence-corrected chi connectivity index (χ0v) is 25.8. The number of pyridine rings is 4. The largest absolute Gasteiger partial charge is 0.416 e. The second kappa shape index (κ2) is 12.8. The van der Waals surface area contributed by atoms with Crippen LogP contribution in [0.3, 0.4) is 0 Å². The summed E-state index contributed by atoms with van der Waals surface area (Å²) in [6.45, 7) is 3.53. The van der Waals surface area contributed by atoms with E-state index in [4.69, 9.17) is 0 Å². The van der Waals surface area contributed by atoms with Crippen molar-refractivity contribution in [2.75, 3.05) is 0 Å². The molecule has 6 rings (SSSR count). The molecule has 0 saturated carbocycles. The summed E-state index contributed by atoms with van der Waals surface area (Å²) in [4.78, 5) is 32.7. The molecule has 2 atom stereocenters. The van der Waals surface area contributed by atoms with Crippen LogP contribution in [0.25, 0.3) is 21.8 Å². The predicted molar refractivity (Wildman–Crippen MR) is 169 cm³/mol. The molecule has 0 aliphatic heterocycles. The zero-order chi connectivity index (χ0) is 34.2. The first-order valence-electron chi connectivity index (χ1n) is 15.1. The van der Waals surface area contributed by atoms with Gasteiger partial charge in [-0.25, -0.2) is 0 Å². The molecule has 5 nitrogen and oxygen atoms in total. The highest BCUT2D eigenvalue weighted by Gasteiger charge is 2.35. The van der Waals surface area contributed by atoms with E-state index in [1.54, 1.807) is 62.4 Å². The SMILES string of the molecule is Cc1cccc(C(Cc2ccnc3ccc(C(F)(F)F)cc23)C(=O)C(Cc2ccnc3ccc(C(F)(F)F)cc23)c2cccc(C)n2)n1. The van der Waals surface area contributed by atoms with Gasteiger partial charge in [-0.2, -0.15) is 26.3 Å². The molecule has 0 amide bonds. The molecule has 11 heteroatoms. The quantitative estimate of drug-likeness (QED) is 0.153. The van der Waals surface area contributed by atoms with Crippen LogP contribution in [-0.2, 0) is 30.0 Å². The average molecular weight is 659 g/mol. The lowest BCUT2D eigenvalue weighted by Crippen LogP contribution is -2.26. The number of hydrogen-bond donors (Lipinski definition) is 0. The number of carbonyl (C=O) groups excluding carboxylic acids is 1. The maximum atomic E-state index is 14.9. The number of nitrogens with zero attached hydrogens (tertiary/aromatic N) is 4. The summed E-state index contributed by atoms with van der Waals surface area (Å²) in [5.74, 6) is -2.23. The summed E-state index contributed by atoms with van der Waals surface area (Å²) in [5, 5.41) is 0.505. The third-order valence-electron chi connectivity index (χ3n) is 8.39. The van der Waals surface area contributed by atoms with Crippen LogP contribution >= 0.6 is 0 Å². The molecule has 48 heavy (non-hydrogen) atoms. The lowest BCUT2D eigenvalue weighted by molar-refractivity contribution is -0.138. The van der Waals surface area contributed by atoms with E-state index in [-0.39, 0.29) is 29.4 Å². The van der Waals surface area contributed by atoms with Crippen LogP contribution in [0.15, 0.2) is 97.3 Å². The number of Topliss-reactive ketones (excluding diaryl/α,β-unsaturated/α-hetero) is 1. The van der Waals surface area contributed by atoms with E-state index >= 15 is 0 Å². The van der Waals surface area contributed by atoms with E-state index < -0.39 is 35.3 Å². The molecule has 0 aliphatic rings. The van der Waals surface area contributed by atoms with E-state index in [9.17, 15) is 31.1 Å². The maximum Gasteiger partial charge on any atom is 0.416 e. The van der Waals surface area contributed by atoms with Crippen LogP contribution in [0.2, 0.25) is 0 Å². The number of halogens is 6. The average Bonchev–Trinajstić information content (AvgIpc) is 3.04. The highest BCUT2D eigenvalue weighted by molar-refractivity contribution is 5.93. The molecular weight excluding hydrogens is 630 g/mol. The Labute approximate surface area is 271 Å². The van der Waals surface area contributed by atoms with Gasteiger partial charge in [0.2, 0.25) is 0 Å². The molecule has 4 aromatic heterocycles. The number of benzene rings is 2. The Kier molecular flexibility index (Phi) is 8.72. The van der Waals surface area contributed by atoms with Gasteiger partial charge in [-0.3, -0.25) is 24.7 Å². The Bertz CT molecular complexity index is 1990. The lowest BCUT2D eigenvalue weighted by Gasteiger charge is -2.24. The van der Waals surface area contributed by atoms with Gasteiger partial charge in [0.25, 0.3) is 0 Å². The van der Waals surface area contributed by atoms with Crippen LogP contribution in [0.4, 0.5) is 26.3 Å². The van der Waals surface area contributed by atoms with E-state index in [0.29, 0.717) is 44.9 Å². The van der Waals surface area contributed by atoms with Crippen molar-refractivity contribution in [1.82, 2.24) is 19.9 Å². The first-order chi connectivity index (χ1) is 22.8. The number of aromatic nitrogens is 4. The summed E-state index contributed by atoms with van der Waals surface area (Å²) in [6, 6.07) is 20.2. The molecule has 0 spiro atoms. The van der Waals surface area contributed by atoms with Gasteiger partial charge in [-0.1, -0.05) is 12.1 Å². The lowest BCUT2D eigenvalue weighted by atomic mass is 9.80. The Morgan fingerprint density at radius 1 is 0.604 bits per heavy atom. The molecule has 0 saturated heterocycles. The minimum absolute atomic E-state index is 0.00670. The van der Waals surface area contributed by atoms with Crippen LogP contribution in [0.5, 0.6) is 0 Å². The van der Waals surface area contributed by atoms with Crippen molar-refractivity contribution >= 4 is 27.6 Å². The van der Waals surface area contributed by atoms with Crippen LogP contribution < -0.4 is 0 Å². The van der Waals surface area contributed by atoms with Gasteiger partial charge in [0.1, 0.15) is 0 Å². The van der Waals surface area contributed by atoms with E-state index in [2.05, 4.69) is 19.9 Å². The van der Waals surface area contributed by atoms with Crippen molar-refractivity contribution in [2.45, 2.75) is 50.9 Å². The fraction of sp³-hybridized carbons (Fsp3) is 0.216. The minimum Gasteiger partial charge on any atom is -0.298 e. The molecule has 0 radical (unpaired) electrons.